The number of aryl methyl sites for hydroxylation is 1. The molecule has 0 radical (unpaired) electrons. The second kappa shape index (κ2) is 8.94. The summed E-state index contributed by atoms with van der Waals surface area (Å²) in [7, 11) is 0. The number of hydrogen-bond donors (Lipinski definition) is 0. The molecule has 2 heterocycles. The summed E-state index contributed by atoms with van der Waals surface area (Å²) in [6, 6.07) is 7.98. The van der Waals surface area contributed by atoms with Crippen molar-refractivity contribution >= 4 is 23.2 Å². The molecule has 1 aromatic heterocycles. The summed E-state index contributed by atoms with van der Waals surface area (Å²) in [4.78, 5) is 30.7. The first-order chi connectivity index (χ1) is 12.6. The van der Waals surface area contributed by atoms with Crippen LogP contribution in [0.2, 0.25) is 0 Å². The Kier molecular flexibility index (Phi) is 6.39. The highest BCUT2D eigenvalue weighted by Crippen LogP contribution is 2.24. The Morgan fingerprint density at radius 3 is 2.42 bits per heavy atom. The number of amides is 1. The molecular formula is C20H24N2O3S. The molecule has 1 aromatic carbocycles. The molecule has 1 saturated heterocycles. The Morgan fingerprint density at radius 2 is 1.73 bits per heavy atom. The fourth-order valence-electron chi connectivity index (χ4n) is 2.99. The van der Waals surface area contributed by atoms with Crippen LogP contribution in [0.4, 0.5) is 0 Å². The number of hydrogen-bond acceptors (Lipinski definition) is 5. The lowest BCUT2D eigenvalue weighted by Gasteiger charge is -2.24. The van der Waals surface area contributed by atoms with Gasteiger partial charge in [0, 0.05) is 24.0 Å². The number of nitrogens with zero attached hydrogens (tertiary/aromatic N) is 2. The van der Waals surface area contributed by atoms with E-state index in [1.165, 1.54) is 23.3 Å². The molecule has 0 N–H and O–H groups in total. The molecule has 0 atom stereocenters. The molecule has 1 fully saturated rings. The van der Waals surface area contributed by atoms with Crippen molar-refractivity contribution < 1.29 is 14.3 Å². The summed E-state index contributed by atoms with van der Waals surface area (Å²) in [6.07, 6.45) is 5.59. The van der Waals surface area contributed by atoms with Crippen LogP contribution in [0, 0.1) is 6.92 Å². The third kappa shape index (κ3) is 4.91. The van der Waals surface area contributed by atoms with Crippen molar-refractivity contribution in [1.82, 2.24) is 9.88 Å². The minimum Gasteiger partial charge on any atom is -0.451 e. The lowest BCUT2D eigenvalue weighted by molar-refractivity contribution is -0.134. The number of rotatable bonds is 4. The molecule has 1 amide bonds. The number of thiazole rings is 1. The quantitative estimate of drug-likeness (QED) is 0.759. The molecule has 6 heteroatoms. The fourth-order valence-corrected chi connectivity index (χ4v) is 3.78. The highest BCUT2D eigenvalue weighted by atomic mass is 32.1. The van der Waals surface area contributed by atoms with Crippen LogP contribution in [0.1, 0.15) is 48.2 Å². The van der Waals surface area contributed by atoms with E-state index < -0.39 is 5.97 Å². The van der Waals surface area contributed by atoms with E-state index in [-0.39, 0.29) is 18.2 Å². The summed E-state index contributed by atoms with van der Waals surface area (Å²) in [6.45, 7) is 3.32. The predicted octanol–water partition coefficient (Wildman–Crippen LogP) is 4.07. The van der Waals surface area contributed by atoms with Gasteiger partial charge in [0.25, 0.3) is 5.91 Å². The maximum Gasteiger partial charge on any atom is 0.358 e. The molecule has 1 aliphatic heterocycles. The van der Waals surface area contributed by atoms with Crippen LogP contribution < -0.4 is 0 Å². The number of esters is 1. The normalized spacial score (nSPS) is 15.2. The highest BCUT2D eigenvalue weighted by molar-refractivity contribution is 7.13. The largest absolute Gasteiger partial charge is 0.451 e. The van der Waals surface area contributed by atoms with Gasteiger partial charge in [0.1, 0.15) is 5.01 Å². The predicted molar refractivity (Wildman–Crippen MR) is 102 cm³/mol. The summed E-state index contributed by atoms with van der Waals surface area (Å²) >= 11 is 1.40. The number of carbonyl (C=O) groups is 2. The van der Waals surface area contributed by atoms with Crippen molar-refractivity contribution in [3.05, 3.63) is 40.9 Å². The zero-order chi connectivity index (χ0) is 18.4. The van der Waals surface area contributed by atoms with E-state index in [0.717, 1.165) is 49.3 Å². The fraction of sp³-hybridized carbons (Fsp3) is 0.450. The van der Waals surface area contributed by atoms with E-state index >= 15 is 0 Å². The number of carbonyl (C=O) groups excluding carboxylic acids is 2. The molecular weight excluding hydrogens is 348 g/mol. The van der Waals surface area contributed by atoms with Gasteiger partial charge in [-0.1, -0.05) is 49.1 Å². The zero-order valence-corrected chi connectivity index (χ0v) is 15.9. The summed E-state index contributed by atoms with van der Waals surface area (Å²) in [5.74, 6) is -0.658. The second-order valence-electron chi connectivity index (χ2n) is 6.63. The van der Waals surface area contributed by atoms with Crippen molar-refractivity contribution in [3.8, 4) is 10.6 Å². The zero-order valence-electron chi connectivity index (χ0n) is 15.1. The summed E-state index contributed by atoms with van der Waals surface area (Å²) < 4.78 is 5.20. The van der Waals surface area contributed by atoms with Gasteiger partial charge in [-0.25, -0.2) is 9.78 Å². The van der Waals surface area contributed by atoms with Crippen LogP contribution in [-0.4, -0.2) is 41.5 Å². The van der Waals surface area contributed by atoms with Crippen LogP contribution in [0.25, 0.3) is 10.6 Å². The molecule has 0 aliphatic carbocycles. The average Bonchev–Trinajstić information content (AvgIpc) is 3.10. The number of benzene rings is 1. The average molecular weight is 372 g/mol. The molecule has 1 aliphatic rings. The van der Waals surface area contributed by atoms with Crippen LogP contribution in [0.5, 0.6) is 0 Å². The lowest BCUT2D eigenvalue weighted by atomic mass is 10.1. The maximum absolute atomic E-state index is 12.3. The standard InChI is InChI=1S/C20H24N2O3S/c1-15-7-9-16(10-8-15)19-21-17(14-26-19)20(24)25-13-18(23)22-11-5-3-2-4-6-12-22/h7-10,14H,2-6,11-13H2,1H3. The van der Waals surface area contributed by atoms with Gasteiger partial charge < -0.3 is 9.64 Å². The third-order valence-corrected chi connectivity index (χ3v) is 5.44. The van der Waals surface area contributed by atoms with E-state index in [1.54, 1.807) is 5.38 Å². The Bertz CT molecular complexity index is 747. The molecule has 5 nitrogen and oxygen atoms in total. The monoisotopic (exact) mass is 372 g/mol. The second-order valence-corrected chi connectivity index (χ2v) is 7.49. The van der Waals surface area contributed by atoms with Gasteiger partial charge in [-0.15, -0.1) is 11.3 Å². The topological polar surface area (TPSA) is 59.5 Å². The smallest absolute Gasteiger partial charge is 0.358 e. The molecule has 0 saturated carbocycles. The molecule has 2 aromatic rings. The van der Waals surface area contributed by atoms with Crippen molar-refractivity contribution in [3.63, 3.8) is 0 Å². The van der Waals surface area contributed by atoms with Gasteiger partial charge in [0.15, 0.2) is 12.3 Å². The van der Waals surface area contributed by atoms with Crippen LogP contribution >= 0.6 is 11.3 Å². The van der Waals surface area contributed by atoms with E-state index in [0.29, 0.717) is 0 Å². The highest BCUT2D eigenvalue weighted by Gasteiger charge is 2.19. The van der Waals surface area contributed by atoms with Crippen molar-refractivity contribution in [1.29, 1.82) is 0 Å². The van der Waals surface area contributed by atoms with Crippen molar-refractivity contribution in [2.75, 3.05) is 19.7 Å². The molecule has 0 spiro atoms. The Balaban J connectivity index is 1.54. The van der Waals surface area contributed by atoms with E-state index in [9.17, 15) is 9.59 Å². The summed E-state index contributed by atoms with van der Waals surface area (Å²) in [5, 5.41) is 2.45. The van der Waals surface area contributed by atoms with Gasteiger partial charge in [0.05, 0.1) is 0 Å². The molecule has 3 rings (SSSR count). The van der Waals surface area contributed by atoms with Gasteiger partial charge in [-0.2, -0.15) is 0 Å². The lowest BCUT2D eigenvalue weighted by Crippen LogP contribution is -2.36. The first-order valence-corrected chi connectivity index (χ1v) is 9.99. The number of ether oxygens (including phenoxy) is 1. The Labute approximate surface area is 158 Å². The molecule has 0 bridgehead atoms. The summed E-state index contributed by atoms with van der Waals surface area (Å²) in [5.41, 5.74) is 2.40. The van der Waals surface area contributed by atoms with Crippen molar-refractivity contribution in [2.45, 2.75) is 39.0 Å². The van der Waals surface area contributed by atoms with Gasteiger partial charge >= 0.3 is 5.97 Å². The van der Waals surface area contributed by atoms with Crippen LogP contribution in [-0.2, 0) is 9.53 Å². The van der Waals surface area contributed by atoms with Gasteiger partial charge in [0.2, 0.25) is 0 Å². The first-order valence-electron chi connectivity index (χ1n) is 9.11. The number of aromatic nitrogens is 1. The van der Waals surface area contributed by atoms with Gasteiger partial charge in [-0.05, 0) is 19.8 Å². The molecule has 138 valence electrons. The maximum atomic E-state index is 12.3. The first kappa shape index (κ1) is 18.6. The van der Waals surface area contributed by atoms with Gasteiger partial charge in [-0.3, -0.25) is 4.79 Å². The van der Waals surface area contributed by atoms with Crippen LogP contribution in [0.15, 0.2) is 29.6 Å². The Morgan fingerprint density at radius 1 is 1.08 bits per heavy atom. The van der Waals surface area contributed by atoms with E-state index in [2.05, 4.69) is 4.98 Å². The Hall–Kier alpha value is -2.21. The number of likely N-dealkylation sites (tertiary alicyclic amines) is 1. The minimum absolute atomic E-state index is 0.116. The molecule has 26 heavy (non-hydrogen) atoms. The third-order valence-electron chi connectivity index (χ3n) is 4.55. The SMILES string of the molecule is Cc1ccc(-c2nc(C(=O)OCC(=O)N3CCCCCCC3)cs2)cc1. The molecule has 0 unspecified atom stereocenters. The van der Waals surface area contributed by atoms with E-state index in [4.69, 9.17) is 4.74 Å². The van der Waals surface area contributed by atoms with Crippen LogP contribution in [0.3, 0.4) is 0 Å². The van der Waals surface area contributed by atoms with E-state index in [1.807, 2.05) is 36.1 Å². The van der Waals surface area contributed by atoms with Crippen molar-refractivity contribution in [2.24, 2.45) is 0 Å². The minimum atomic E-state index is -0.542.